The number of Topliss-reactive ketones (excluding diaryl/α,β-unsaturated/α-hetero) is 1. The van der Waals surface area contributed by atoms with Crippen LogP contribution < -0.4 is 19.1 Å². The Kier molecular flexibility index (Phi) is 6.34. The zero-order valence-electron chi connectivity index (χ0n) is 19.5. The number of aliphatic hydroxyl groups is 1. The third-order valence-corrected chi connectivity index (χ3v) is 6.89. The number of carbonyl (C=O) groups excluding carboxylic acids is 2. The number of benzene rings is 2. The Labute approximate surface area is 201 Å². The summed E-state index contributed by atoms with van der Waals surface area (Å²) in [5, 5.41) is 13.3. The van der Waals surface area contributed by atoms with Gasteiger partial charge in [0.25, 0.3) is 11.7 Å². The normalized spacial score (nSPS) is 17.2. The van der Waals surface area contributed by atoms with Gasteiger partial charge in [0.15, 0.2) is 0 Å². The third-order valence-electron chi connectivity index (χ3n) is 5.82. The quantitative estimate of drug-likeness (QED) is 0.304. The molecule has 1 unspecified atom stereocenters. The number of hydrogen-bond donors (Lipinski definition) is 1. The van der Waals surface area contributed by atoms with Crippen molar-refractivity contribution < 1.29 is 28.9 Å². The second kappa shape index (κ2) is 9.23. The van der Waals surface area contributed by atoms with Gasteiger partial charge >= 0.3 is 0 Å². The molecule has 0 bridgehead atoms. The molecule has 1 fully saturated rings. The molecule has 0 aliphatic carbocycles. The minimum Gasteiger partial charge on any atom is -0.507 e. The van der Waals surface area contributed by atoms with E-state index in [-0.39, 0.29) is 11.3 Å². The summed E-state index contributed by atoms with van der Waals surface area (Å²) in [7, 11) is 4.51. The number of aliphatic hydroxyl groups excluding tert-OH is 1. The molecule has 0 spiro atoms. The van der Waals surface area contributed by atoms with E-state index in [0.717, 1.165) is 16.0 Å². The number of hydrogen-bond acceptors (Lipinski definition) is 7. The van der Waals surface area contributed by atoms with Gasteiger partial charge in [-0.15, -0.1) is 11.3 Å². The lowest BCUT2D eigenvalue weighted by atomic mass is 9.97. The van der Waals surface area contributed by atoms with E-state index in [4.69, 9.17) is 14.2 Å². The van der Waals surface area contributed by atoms with Crippen molar-refractivity contribution in [3.05, 3.63) is 75.0 Å². The Morgan fingerprint density at radius 1 is 0.941 bits per heavy atom. The van der Waals surface area contributed by atoms with Crippen LogP contribution in [-0.2, 0) is 9.59 Å². The Morgan fingerprint density at radius 3 is 2.18 bits per heavy atom. The predicted octanol–water partition coefficient (Wildman–Crippen LogP) is 5.02. The number of methoxy groups -OCH3 is 3. The minimum atomic E-state index is -0.831. The molecule has 1 N–H and O–H groups in total. The third kappa shape index (κ3) is 3.90. The van der Waals surface area contributed by atoms with Gasteiger partial charge in [0, 0.05) is 23.1 Å². The van der Waals surface area contributed by atoms with Crippen molar-refractivity contribution >= 4 is 34.5 Å². The van der Waals surface area contributed by atoms with E-state index in [2.05, 4.69) is 0 Å². The van der Waals surface area contributed by atoms with Gasteiger partial charge in [-0.2, -0.15) is 0 Å². The predicted molar refractivity (Wildman–Crippen MR) is 131 cm³/mol. The highest BCUT2D eigenvalue weighted by atomic mass is 32.1. The molecule has 4 rings (SSSR count). The number of thiophene rings is 1. The molecule has 1 saturated heterocycles. The second-order valence-corrected chi connectivity index (χ2v) is 8.86. The SMILES string of the molecule is COc1cc(OC)cc(N2C(=O)C(=O)/C(=C(\O)c3cc(C)ccc3OC)C2c2sccc2C)c1. The summed E-state index contributed by atoms with van der Waals surface area (Å²) < 4.78 is 16.2. The molecule has 1 aromatic heterocycles. The molecule has 1 aliphatic heterocycles. The summed E-state index contributed by atoms with van der Waals surface area (Å²) in [6.45, 7) is 3.78. The smallest absolute Gasteiger partial charge is 0.300 e. The maximum Gasteiger partial charge on any atom is 0.300 e. The Morgan fingerprint density at radius 2 is 1.62 bits per heavy atom. The first-order valence-electron chi connectivity index (χ1n) is 10.5. The van der Waals surface area contributed by atoms with Crippen LogP contribution in [0.3, 0.4) is 0 Å². The van der Waals surface area contributed by atoms with Crippen LogP contribution in [0, 0.1) is 13.8 Å². The van der Waals surface area contributed by atoms with E-state index >= 15 is 0 Å². The molecule has 2 heterocycles. The molecule has 176 valence electrons. The fourth-order valence-electron chi connectivity index (χ4n) is 4.09. The first-order valence-corrected chi connectivity index (χ1v) is 11.4. The van der Waals surface area contributed by atoms with Gasteiger partial charge in [-0.25, -0.2) is 0 Å². The van der Waals surface area contributed by atoms with Crippen molar-refractivity contribution in [2.45, 2.75) is 19.9 Å². The lowest BCUT2D eigenvalue weighted by Crippen LogP contribution is -2.29. The van der Waals surface area contributed by atoms with Crippen LogP contribution in [-0.4, -0.2) is 38.1 Å². The number of carbonyl (C=O) groups is 2. The molecular weight excluding hydrogens is 454 g/mol. The van der Waals surface area contributed by atoms with Crippen molar-refractivity contribution in [3.63, 3.8) is 0 Å². The molecule has 0 radical (unpaired) electrons. The zero-order chi connectivity index (χ0) is 24.6. The van der Waals surface area contributed by atoms with Crippen molar-refractivity contribution in [3.8, 4) is 17.2 Å². The number of anilines is 1. The largest absolute Gasteiger partial charge is 0.507 e. The highest BCUT2D eigenvalue weighted by molar-refractivity contribution is 7.10. The molecule has 1 atom stereocenters. The fraction of sp³-hybridized carbons (Fsp3) is 0.231. The van der Waals surface area contributed by atoms with Crippen LogP contribution >= 0.6 is 11.3 Å². The summed E-state index contributed by atoms with van der Waals surface area (Å²) >= 11 is 1.41. The summed E-state index contributed by atoms with van der Waals surface area (Å²) in [5.74, 6) is -0.466. The van der Waals surface area contributed by atoms with Crippen molar-refractivity contribution in [2.24, 2.45) is 0 Å². The summed E-state index contributed by atoms with van der Waals surface area (Å²) in [4.78, 5) is 29.0. The number of aryl methyl sites for hydroxylation is 2. The summed E-state index contributed by atoms with van der Waals surface area (Å²) in [6.07, 6.45) is 0. The molecule has 1 amide bonds. The Balaban J connectivity index is 2.00. The second-order valence-electron chi connectivity index (χ2n) is 7.91. The Bertz CT molecular complexity index is 1290. The average Bonchev–Trinajstić information content (AvgIpc) is 3.38. The maximum absolute atomic E-state index is 13.4. The Hall–Kier alpha value is -3.78. The monoisotopic (exact) mass is 479 g/mol. The number of ether oxygens (including phenoxy) is 3. The van der Waals surface area contributed by atoms with E-state index in [1.54, 1.807) is 30.3 Å². The highest BCUT2D eigenvalue weighted by Crippen LogP contribution is 2.46. The standard InChI is InChI=1S/C26H25NO6S/c1-14-6-7-20(33-5)19(10-14)23(28)21-22(25-15(2)8-9-34-25)27(26(30)24(21)29)16-11-17(31-3)13-18(12-16)32-4/h6-13,22,28H,1-5H3/b23-21-. The summed E-state index contributed by atoms with van der Waals surface area (Å²) in [5.41, 5.74) is 2.55. The van der Waals surface area contributed by atoms with Gasteiger partial charge in [-0.3, -0.25) is 14.5 Å². The number of ketones is 1. The van der Waals surface area contributed by atoms with Crippen LogP contribution in [0.2, 0.25) is 0 Å². The van der Waals surface area contributed by atoms with Gasteiger partial charge in [0.2, 0.25) is 0 Å². The van der Waals surface area contributed by atoms with Gasteiger partial charge in [0.1, 0.15) is 29.0 Å². The average molecular weight is 480 g/mol. The van der Waals surface area contributed by atoms with E-state index in [1.807, 2.05) is 31.4 Å². The lowest BCUT2D eigenvalue weighted by molar-refractivity contribution is -0.132. The minimum absolute atomic E-state index is 0.00115. The van der Waals surface area contributed by atoms with Crippen LogP contribution in [0.4, 0.5) is 5.69 Å². The van der Waals surface area contributed by atoms with Gasteiger partial charge in [0.05, 0.1) is 38.2 Å². The fourth-order valence-corrected chi connectivity index (χ4v) is 5.12. The zero-order valence-corrected chi connectivity index (χ0v) is 20.4. The molecule has 8 heteroatoms. The number of nitrogens with zero attached hydrogens (tertiary/aromatic N) is 1. The van der Waals surface area contributed by atoms with Crippen LogP contribution in [0.5, 0.6) is 17.2 Å². The van der Waals surface area contributed by atoms with Crippen molar-refractivity contribution in [2.75, 3.05) is 26.2 Å². The lowest BCUT2D eigenvalue weighted by Gasteiger charge is -2.26. The molecule has 34 heavy (non-hydrogen) atoms. The topological polar surface area (TPSA) is 85.3 Å². The number of rotatable bonds is 6. The molecular formula is C26H25NO6S. The van der Waals surface area contributed by atoms with Crippen LogP contribution in [0.25, 0.3) is 5.76 Å². The summed E-state index contributed by atoms with van der Waals surface area (Å²) in [6, 6.07) is 11.4. The first kappa shape index (κ1) is 23.4. The van der Waals surface area contributed by atoms with Crippen LogP contribution in [0.1, 0.15) is 27.6 Å². The van der Waals surface area contributed by atoms with Gasteiger partial charge in [-0.05, 0) is 43.0 Å². The van der Waals surface area contributed by atoms with E-state index < -0.39 is 17.7 Å². The number of amides is 1. The molecule has 0 saturated carbocycles. The molecule has 2 aromatic carbocycles. The molecule has 3 aromatic rings. The maximum atomic E-state index is 13.4. The van der Waals surface area contributed by atoms with Crippen molar-refractivity contribution in [1.29, 1.82) is 0 Å². The highest BCUT2D eigenvalue weighted by Gasteiger charge is 2.48. The van der Waals surface area contributed by atoms with Gasteiger partial charge < -0.3 is 19.3 Å². The molecule has 1 aliphatic rings. The van der Waals surface area contributed by atoms with E-state index in [0.29, 0.717) is 28.5 Å². The van der Waals surface area contributed by atoms with Gasteiger partial charge in [-0.1, -0.05) is 11.6 Å². The molecule has 7 nitrogen and oxygen atoms in total. The van der Waals surface area contributed by atoms with Crippen LogP contribution in [0.15, 0.2) is 53.4 Å². The first-order chi connectivity index (χ1) is 16.3. The van der Waals surface area contributed by atoms with Crippen molar-refractivity contribution in [1.82, 2.24) is 0 Å². The van der Waals surface area contributed by atoms with E-state index in [1.165, 1.54) is 37.6 Å². The van der Waals surface area contributed by atoms with E-state index in [9.17, 15) is 14.7 Å².